The number of hydrogen-bond donors (Lipinski definition) is 0. The first-order valence-corrected chi connectivity index (χ1v) is 9.90. The third-order valence-corrected chi connectivity index (χ3v) is 4.77. The van der Waals surface area contributed by atoms with Crippen LogP contribution in [0.15, 0.2) is 84.9 Å². The molecule has 0 aliphatic carbocycles. The van der Waals surface area contributed by atoms with E-state index in [9.17, 15) is 0 Å². The lowest BCUT2D eigenvalue weighted by molar-refractivity contribution is 0.340. The van der Waals surface area contributed by atoms with Crippen molar-refractivity contribution in [3.05, 3.63) is 96.1 Å². The van der Waals surface area contributed by atoms with E-state index in [0.717, 1.165) is 18.8 Å². The Morgan fingerprint density at radius 3 is 1.96 bits per heavy atom. The van der Waals surface area contributed by atoms with Crippen LogP contribution in [0.4, 0.5) is 5.69 Å². The minimum atomic E-state index is 0.245. The van der Waals surface area contributed by atoms with Crippen LogP contribution >= 0.6 is 0 Å². The maximum Gasteiger partial charge on any atom is 0.119 e. The van der Waals surface area contributed by atoms with Crippen LogP contribution in [0, 0.1) is 0 Å². The van der Waals surface area contributed by atoms with Crippen molar-refractivity contribution in [3.63, 3.8) is 0 Å². The topological polar surface area (TPSA) is 15.7 Å². The maximum absolute atomic E-state index is 5.64. The van der Waals surface area contributed by atoms with E-state index in [1.807, 2.05) is 6.92 Å². The zero-order chi connectivity index (χ0) is 19.8. The predicted octanol–water partition coefficient (Wildman–Crippen LogP) is 5.39. The van der Waals surface area contributed by atoms with Crippen LogP contribution in [-0.4, -0.2) is 32.1 Å². The molecule has 0 saturated carbocycles. The van der Waals surface area contributed by atoms with Gasteiger partial charge in [-0.1, -0.05) is 60.7 Å². The van der Waals surface area contributed by atoms with Crippen molar-refractivity contribution in [3.8, 4) is 5.75 Å². The Balaban J connectivity index is 1.99. The van der Waals surface area contributed by atoms with E-state index in [1.54, 1.807) is 0 Å². The van der Waals surface area contributed by atoms with Crippen molar-refractivity contribution in [2.45, 2.75) is 19.5 Å². The van der Waals surface area contributed by atoms with Gasteiger partial charge in [0.1, 0.15) is 5.75 Å². The van der Waals surface area contributed by atoms with E-state index in [4.69, 9.17) is 4.74 Å². The van der Waals surface area contributed by atoms with E-state index < -0.39 is 0 Å². The molecule has 1 atom stereocenters. The van der Waals surface area contributed by atoms with Gasteiger partial charge in [0.2, 0.25) is 0 Å². The number of ether oxygens (including phenoxy) is 1. The molecule has 3 rings (SSSR count). The fraction of sp³-hybridized carbons (Fsp3) is 0.280. The highest BCUT2D eigenvalue weighted by Gasteiger charge is 2.22. The smallest absolute Gasteiger partial charge is 0.119 e. The lowest BCUT2D eigenvalue weighted by Gasteiger charge is -2.36. The normalized spacial score (nSPS) is 12.0. The van der Waals surface area contributed by atoms with E-state index in [2.05, 4.69) is 109 Å². The molecule has 0 N–H and O–H groups in total. The van der Waals surface area contributed by atoms with Gasteiger partial charge in [0.15, 0.2) is 0 Å². The maximum atomic E-state index is 5.64. The van der Waals surface area contributed by atoms with Gasteiger partial charge in [-0.25, -0.2) is 0 Å². The van der Waals surface area contributed by atoms with Crippen molar-refractivity contribution in [2.75, 3.05) is 32.1 Å². The number of likely N-dealkylation sites (N-methyl/N-ethyl adjacent to an activating group) is 1. The molecule has 0 saturated heterocycles. The van der Waals surface area contributed by atoms with Gasteiger partial charge >= 0.3 is 0 Å². The second-order valence-electron chi connectivity index (χ2n) is 7.23. The summed E-state index contributed by atoms with van der Waals surface area (Å²) < 4.78 is 5.64. The van der Waals surface area contributed by atoms with Gasteiger partial charge in [-0.3, -0.25) is 0 Å². The highest BCUT2D eigenvalue weighted by Crippen LogP contribution is 2.31. The van der Waals surface area contributed by atoms with Crippen LogP contribution in [-0.2, 0) is 6.54 Å². The summed E-state index contributed by atoms with van der Waals surface area (Å²) in [6.07, 6.45) is 0. The molecular weight excluding hydrogens is 344 g/mol. The van der Waals surface area contributed by atoms with Crippen LogP contribution in [0.1, 0.15) is 24.1 Å². The third-order valence-electron chi connectivity index (χ3n) is 4.77. The second kappa shape index (κ2) is 9.95. The largest absolute Gasteiger partial charge is 0.494 e. The molecule has 0 aliphatic heterocycles. The first kappa shape index (κ1) is 20.0. The van der Waals surface area contributed by atoms with E-state index in [1.165, 1.54) is 16.8 Å². The molecule has 3 aromatic carbocycles. The Kier molecular flexibility index (Phi) is 7.10. The minimum Gasteiger partial charge on any atom is -0.494 e. The first-order chi connectivity index (χ1) is 13.7. The summed E-state index contributed by atoms with van der Waals surface area (Å²) in [6, 6.07) is 30.1. The number of rotatable bonds is 9. The minimum absolute atomic E-state index is 0.245. The number of hydrogen-bond acceptors (Lipinski definition) is 3. The van der Waals surface area contributed by atoms with Gasteiger partial charge in [-0.2, -0.15) is 0 Å². The Morgan fingerprint density at radius 1 is 0.786 bits per heavy atom. The zero-order valence-electron chi connectivity index (χ0n) is 17.1. The van der Waals surface area contributed by atoms with Gasteiger partial charge in [0.25, 0.3) is 0 Å². The van der Waals surface area contributed by atoms with Crippen LogP contribution in [0.25, 0.3) is 0 Å². The van der Waals surface area contributed by atoms with Crippen LogP contribution in [0.3, 0.4) is 0 Å². The zero-order valence-corrected chi connectivity index (χ0v) is 17.1. The summed E-state index contributed by atoms with van der Waals surface area (Å²) in [5.41, 5.74) is 3.82. The highest BCUT2D eigenvalue weighted by molar-refractivity contribution is 5.52. The molecule has 28 heavy (non-hydrogen) atoms. The lowest BCUT2D eigenvalue weighted by atomic mass is 10.0. The molecule has 3 nitrogen and oxygen atoms in total. The number of anilines is 1. The predicted molar refractivity (Wildman–Crippen MR) is 118 cm³/mol. The van der Waals surface area contributed by atoms with Crippen molar-refractivity contribution < 1.29 is 4.74 Å². The SMILES string of the molecule is CCOc1ccc(N(Cc2ccccc2)C(CN(C)C)c2ccccc2)cc1. The van der Waals surface area contributed by atoms with Crippen molar-refractivity contribution in [1.82, 2.24) is 4.90 Å². The summed E-state index contributed by atoms with van der Waals surface area (Å²) in [4.78, 5) is 4.74. The third kappa shape index (κ3) is 5.37. The molecule has 0 spiro atoms. The van der Waals surface area contributed by atoms with E-state index >= 15 is 0 Å². The lowest BCUT2D eigenvalue weighted by Crippen LogP contribution is -2.35. The molecule has 0 aromatic heterocycles. The number of benzene rings is 3. The van der Waals surface area contributed by atoms with E-state index in [-0.39, 0.29) is 6.04 Å². The molecule has 146 valence electrons. The van der Waals surface area contributed by atoms with Crippen molar-refractivity contribution in [1.29, 1.82) is 0 Å². The van der Waals surface area contributed by atoms with Crippen molar-refractivity contribution >= 4 is 5.69 Å². The second-order valence-corrected chi connectivity index (χ2v) is 7.23. The van der Waals surface area contributed by atoms with Gasteiger partial charge in [-0.05, 0) is 56.4 Å². The molecule has 3 heteroatoms. The van der Waals surface area contributed by atoms with E-state index in [0.29, 0.717) is 6.61 Å². The van der Waals surface area contributed by atoms with Gasteiger partial charge in [0, 0.05) is 18.8 Å². The molecule has 0 fully saturated rings. The molecule has 0 aliphatic rings. The van der Waals surface area contributed by atoms with Gasteiger partial charge in [-0.15, -0.1) is 0 Å². The van der Waals surface area contributed by atoms with Crippen LogP contribution in [0.5, 0.6) is 5.75 Å². The van der Waals surface area contributed by atoms with Crippen LogP contribution < -0.4 is 9.64 Å². The fourth-order valence-electron chi connectivity index (χ4n) is 3.47. The summed E-state index contributed by atoms with van der Waals surface area (Å²) in [5.74, 6) is 0.912. The summed E-state index contributed by atoms with van der Waals surface area (Å²) >= 11 is 0. The monoisotopic (exact) mass is 374 g/mol. The summed E-state index contributed by atoms with van der Waals surface area (Å²) in [6.45, 7) is 4.48. The molecule has 0 radical (unpaired) electrons. The van der Waals surface area contributed by atoms with Crippen molar-refractivity contribution in [2.24, 2.45) is 0 Å². The Labute approximate surface area is 169 Å². The average Bonchev–Trinajstić information content (AvgIpc) is 2.73. The first-order valence-electron chi connectivity index (χ1n) is 9.90. The molecule has 1 unspecified atom stereocenters. The quantitative estimate of drug-likeness (QED) is 0.499. The summed E-state index contributed by atoms with van der Waals surface area (Å²) in [5, 5.41) is 0. The molecule has 0 amide bonds. The molecular formula is C25H30N2O. The molecule has 0 bridgehead atoms. The fourth-order valence-corrected chi connectivity index (χ4v) is 3.47. The Morgan fingerprint density at radius 2 is 1.39 bits per heavy atom. The molecule has 0 heterocycles. The number of nitrogens with zero attached hydrogens (tertiary/aromatic N) is 2. The highest BCUT2D eigenvalue weighted by atomic mass is 16.5. The van der Waals surface area contributed by atoms with Gasteiger partial charge in [0.05, 0.1) is 12.6 Å². The Bertz CT molecular complexity index is 816. The molecule has 3 aromatic rings. The standard InChI is InChI=1S/C25H30N2O/c1-4-28-24-17-15-23(16-18-24)27(19-21-11-7-5-8-12-21)25(20-26(2)3)22-13-9-6-10-14-22/h5-18,25H,4,19-20H2,1-3H3. The Hall–Kier alpha value is -2.78. The average molecular weight is 375 g/mol. The van der Waals surface area contributed by atoms with Crippen LogP contribution in [0.2, 0.25) is 0 Å². The summed E-state index contributed by atoms with van der Waals surface area (Å²) in [7, 11) is 4.27. The van der Waals surface area contributed by atoms with Gasteiger partial charge < -0.3 is 14.5 Å².